The van der Waals surface area contributed by atoms with Gasteiger partial charge < -0.3 is 15.1 Å². The van der Waals surface area contributed by atoms with Gasteiger partial charge in [0.2, 0.25) is 0 Å². The molecule has 0 aliphatic heterocycles. The van der Waals surface area contributed by atoms with Crippen LogP contribution in [0.15, 0.2) is 50.6 Å². The minimum atomic E-state index is -0.804. The first-order chi connectivity index (χ1) is 12.5. The van der Waals surface area contributed by atoms with Crippen molar-refractivity contribution in [1.29, 1.82) is 0 Å². The standard InChI is InChI=1S/C18H21BrN4O3/c1-12(2)9-21-17(24)18(25)23-22-10-13-8-14(19)5-6-16(13)20-11-15-4-3-7-26-15/h3-8,10,12,20H,9,11H2,1-2H3,(H,21,24)(H,23,25)/b22-10+. The summed E-state index contributed by atoms with van der Waals surface area (Å²) in [6, 6.07) is 9.31. The van der Waals surface area contributed by atoms with Crippen LogP contribution in [0.25, 0.3) is 0 Å². The molecule has 0 bridgehead atoms. The molecule has 0 aliphatic rings. The van der Waals surface area contributed by atoms with Gasteiger partial charge in [-0.2, -0.15) is 5.10 Å². The molecular weight excluding hydrogens is 400 g/mol. The average molecular weight is 421 g/mol. The van der Waals surface area contributed by atoms with E-state index in [9.17, 15) is 9.59 Å². The molecule has 2 aromatic rings. The Morgan fingerprint density at radius 3 is 2.77 bits per heavy atom. The predicted molar refractivity (Wildman–Crippen MR) is 104 cm³/mol. The van der Waals surface area contributed by atoms with E-state index in [2.05, 4.69) is 37.1 Å². The van der Waals surface area contributed by atoms with Gasteiger partial charge in [-0.1, -0.05) is 29.8 Å². The van der Waals surface area contributed by atoms with Gasteiger partial charge in [-0.05, 0) is 36.2 Å². The molecule has 0 unspecified atom stereocenters. The maximum atomic E-state index is 11.7. The van der Waals surface area contributed by atoms with Crippen LogP contribution in [0.5, 0.6) is 0 Å². The van der Waals surface area contributed by atoms with Crippen molar-refractivity contribution in [2.24, 2.45) is 11.0 Å². The van der Waals surface area contributed by atoms with Crippen LogP contribution in [-0.4, -0.2) is 24.6 Å². The monoisotopic (exact) mass is 420 g/mol. The van der Waals surface area contributed by atoms with Gasteiger partial charge in [0.05, 0.1) is 19.0 Å². The van der Waals surface area contributed by atoms with E-state index in [1.54, 1.807) is 6.26 Å². The SMILES string of the molecule is CC(C)CNC(=O)C(=O)N/N=C/c1cc(Br)ccc1NCc1ccco1. The second-order valence-corrected chi connectivity index (χ2v) is 6.88. The second-order valence-electron chi connectivity index (χ2n) is 5.97. The Labute approximate surface area is 160 Å². The summed E-state index contributed by atoms with van der Waals surface area (Å²) in [6.45, 7) is 4.84. The first-order valence-corrected chi connectivity index (χ1v) is 8.92. The Bertz CT molecular complexity index is 773. The number of hydrogen-bond donors (Lipinski definition) is 3. The molecule has 1 aromatic carbocycles. The summed E-state index contributed by atoms with van der Waals surface area (Å²) in [4.78, 5) is 23.3. The van der Waals surface area contributed by atoms with Crippen molar-refractivity contribution in [3.8, 4) is 0 Å². The van der Waals surface area contributed by atoms with Crippen molar-refractivity contribution in [3.63, 3.8) is 0 Å². The van der Waals surface area contributed by atoms with Crippen LogP contribution < -0.4 is 16.1 Å². The van der Waals surface area contributed by atoms with Gasteiger partial charge in [0.15, 0.2) is 0 Å². The first kappa shape index (κ1) is 19.7. The number of benzene rings is 1. The van der Waals surface area contributed by atoms with Crippen molar-refractivity contribution >= 4 is 39.6 Å². The number of nitrogens with one attached hydrogen (secondary N) is 3. The zero-order valence-corrected chi connectivity index (χ0v) is 16.2. The number of rotatable bonds is 7. The van der Waals surface area contributed by atoms with Crippen molar-refractivity contribution < 1.29 is 14.0 Å². The summed E-state index contributed by atoms with van der Waals surface area (Å²) < 4.78 is 6.15. The van der Waals surface area contributed by atoms with Crippen molar-refractivity contribution in [3.05, 3.63) is 52.4 Å². The zero-order valence-electron chi connectivity index (χ0n) is 14.6. The molecule has 26 heavy (non-hydrogen) atoms. The summed E-state index contributed by atoms with van der Waals surface area (Å²) >= 11 is 3.40. The number of hydrogen-bond acceptors (Lipinski definition) is 5. The highest BCUT2D eigenvalue weighted by Crippen LogP contribution is 2.20. The minimum absolute atomic E-state index is 0.264. The van der Waals surface area contributed by atoms with Crippen LogP contribution >= 0.6 is 15.9 Å². The molecule has 0 radical (unpaired) electrons. The molecule has 7 nitrogen and oxygen atoms in total. The highest BCUT2D eigenvalue weighted by molar-refractivity contribution is 9.10. The van der Waals surface area contributed by atoms with E-state index in [0.29, 0.717) is 13.1 Å². The van der Waals surface area contributed by atoms with Crippen molar-refractivity contribution in [2.45, 2.75) is 20.4 Å². The number of furan rings is 1. The molecular formula is C18H21BrN4O3. The Kier molecular flexibility index (Phi) is 7.40. The highest BCUT2D eigenvalue weighted by atomic mass is 79.9. The fourth-order valence-electron chi connectivity index (χ4n) is 1.99. The molecule has 0 saturated carbocycles. The summed E-state index contributed by atoms with van der Waals surface area (Å²) in [7, 11) is 0. The van der Waals surface area contributed by atoms with Gasteiger partial charge in [-0.15, -0.1) is 0 Å². The van der Waals surface area contributed by atoms with Gasteiger partial charge >= 0.3 is 11.8 Å². The molecule has 1 heterocycles. The molecule has 0 atom stereocenters. The highest BCUT2D eigenvalue weighted by Gasteiger charge is 2.12. The molecule has 0 fully saturated rings. The molecule has 2 amide bonds. The normalized spacial score (nSPS) is 10.9. The van der Waals surface area contributed by atoms with E-state index in [0.717, 1.165) is 21.5 Å². The van der Waals surface area contributed by atoms with Gasteiger partial charge in [0, 0.05) is 22.3 Å². The van der Waals surface area contributed by atoms with E-state index in [4.69, 9.17) is 4.42 Å². The van der Waals surface area contributed by atoms with Crippen LogP contribution in [0, 0.1) is 5.92 Å². The van der Waals surface area contributed by atoms with Gasteiger partial charge in [0.1, 0.15) is 5.76 Å². The Hall–Kier alpha value is -2.61. The van der Waals surface area contributed by atoms with Crippen LogP contribution in [0.1, 0.15) is 25.2 Å². The molecule has 3 N–H and O–H groups in total. The lowest BCUT2D eigenvalue weighted by Gasteiger charge is -2.09. The summed E-state index contributed by atoms with van der Waals surface area (Å²) in [6.07, 6.45) is 3.09. The third kappa shape index (κ3) is 6.36. The molecule has 0 spiro atoms. The Morgan fingerprint density at radius 1 is 1.27 bits per heavy atom. The fourth-order valence-corrected chi connectivity index (χ4v) is 2.36. The van der Waals surface area contributed by atoms with E-state index in [1.165, 1.54) is 6.21 Å². The maximum absolute atomic E-state index is 11.7. The lowest BCUT2D eigenvalue weighted by Crippen LogP contribution is -2.39. The van der Waals surface area contributed by atoms with Gasteiger partial charge in [0.25, 0.3) is 0 Å². The first-order valence-electron chi connectivity index (χ1n) is 8.12. The number of anilines is 1. The largest absolute Gasteiger partial charge is 0.467 e. The number of amides is 2. The van der Waals surface area contributed by atoms with Crippen LogP contribution in [0.2, 0.25) is 0 Å². The maximum Gasteiger partial charge on any atom is 0.329 e. The molecule has 2 rings (SSSR count). The predicted octanol–water partition coefficient (Wildman–Crippen LogP) is 2.88. The number of carbonyl (C=O) groups is 2. The minimum Gasteiger partial charge on any atom is -0.467 e. The van der Waals surface area contributed by atoms with E-state index >= 15 is 0 Å². The second kappa shape index (κ2) is 9.76. The lowest BCUT2D eigenvalue weighted by atomic mass is 10.2. The van der Waals surface area contributed by atoms with Crippen LogP contribution in [-0.2, 0) is 16.1 Å². The number of carbonyl (C=O) groups excluding carboxylic acids is 2. The molecule has 0 saturated heterocycles. The zero-order chi connectivity index (χ0) is 18.9. The third-order valence-electron chi connectivity index (χ3n) is 3.29. The summed E-state index contributed by atoms with van der Waals surface area (Å²) in [5.74, 6) is -0.450. The summed E-state index contributed by atoms with van der Waals surface area (Å²) in [5, 5.41) is 9.64. The molecule has 0 aliphatic carbocycles. The molecule has 1 aromatic heterocycles. The van der Waals surface area contributed by atoms with Crippen LogP contribution in [0.3, 0.4) is 0 Å². The Morgan fingerprint density at radius 2 is 2.08 bits per heavy atom. The van der Waals surface area contributed by atoms with Crippen molar-refractivity contribution in [1.82, 2.24) is 10.7 Å². The van der Waals surface area contributed by atoms with Gasteiger partial charge in [-0.25, -0.2) is 5.43 Å². The summed E-state index contributed by atoms with van der Waals surface area (Å²) in [5.41, 5.74) is 3.78. The molecule has 8 heteroatoms. The fraction of sp³-hybridized carbons (Fsp3) is 0.278. The number of halogens is 1. The van der Waals surface area contributed by atoms with Crippen LogP contribution in [0.4, 0.5) is 5.69 Å². The topological polar surface area (TPSA) is 95.7 Å². The quantitative estimate of drug-likeness (QED) is 0.364. The number of nitrogens with zero attached hydrogens (tertiary/aromatic N) is 1. The average Bonchev–Trinajstić information content (AvgIpc) is 3.12. The van der Waals surface area contributed by atoms with E-state index < -0.39 is 11.8 Å². The molecule has 138 valence electrons. The van der Waals surface area contributed by atoms with E-state index in [-0.39, 0.29) is 5.92 Å². The smallest absolute Gasteiger partial charge is 0.329 e. The van der Waals surface area contributed by atoms with Gasteiger partial charge in [-0.3, -0.25) is 9.59 Å². The Balaban J connectivity index is 1.96. The number of hydrazone groups is 1. The van der Waals surface area contributed by atoms with Crippen molar-refractivity contribution in [2.75, 3.05) is 11.9 Å². The van der Waals surface area contributed by atoms with E-state index in [1.807, 2.05) is 44.2 Å². The lowest BCUT2D eigenvalue weighted by molar-refractivity contribution is -0.139. The third-order valence-corrected chi connectivity index (χ3v) is 3.79.